The molecule has 4 rings (SSSR count). The smallest absolute Gasteiger partial charge is 0.325 e. The van der Waals surface area contributed by atoms with E-state index in [0.29, 0.717) is 12.3 Å². The molecule has 1 aliphatic carbocycles. The first-order valence-electron chi connectivity index (χ1n) is 11.0. The minimum absolute atomic E-state index is 0.0252. The maximum atomic E-state index is 12.6. The predicted molar refractivity (Wildman–Crippen MR) is 119 cm³/mol. The fourth-order valence-electron chi connectivity index (χ4n) is 5.06. The molecule has 170 valence electrons. The molecule has 2 aliphatic heterocycles. The van der Waals surface area contributed by atoms with Crippen molar-refractivity contribution >= 4 is 17.3 Å². The number of carbonyl (C=O) groups is 1. The summed E-state index contributed by atoms with van der Waals surface area (Å²) in [6.45, 7) is 7.13. The van der Waals surface area contributed by atoms with Gasteiger partial charge in [-0.25, -0.2) is 0 Å². The molecule has 2 saturated heterocycles. The summed E-state index contributed by atoms with van der Waals surface area (Å²) in [7, 11) is 1.68. The first-order valence-corrected chi connectivity index (χ1v) is 11.0. The molecule has 6 atom stereocenters. The van der Waals surface area contributed by atoms with Gasteiger partial charge < -0.3 is 30.0 Å². The van der Waals surface area contributed by atoms with E-state index in [4.69, 9.17) is 24.7 Å². The lowest BCUT2D eigenvalue weighted by atomic mass is 9.68. The van der Waals surface area contributed by atoms with E-state index < -0.39 is 0 Å². The number of hydrogen-bond donors (Lipinski definition) is 2. The number of methoxy groups -OCH3 is 1. The van der Waals surface area contributed by atoms with Crippen molar-refractivity contribution in [1.29, 1.82) is 0 Å². The Hall–Kier alpha value is -2.09. The molecular weight excluding hydrogens is 396 g/mol. The van der Waals surface area contributed by atoms with Crippen LogP contribution in [-0.4, -0.2) is 55.7 Å². The highest BCUT2D eigenvalue weighted by Gasteiger charge is 2.72. The number of ether oxygens (including phenoxy) is 4. The standard InChI is InChI=1S/C24H34N2O5/c1-15(2)5-10-19-23(3,31-19)22-21(28-4)18(11-12-24(22)14-29-24)30-20(27)13-26-17-8-6-16(25)7-9-17/h5-9,18-19,21-22,26H,10-14,25H2,1-4H3/t18-,19-,21-,22-,23+,24+/m1/s1. The van der Waals surface area contributed by atoms with Crippen molar-refractivity contribution in [3.63, 3.8) is 0 Å². The number of nitrogen functional groups attached to an aromatic ring is 1. The molecule has 7 heteroatoms. The Labute approximate surface area is 184 Å². The van der Waals surface area contributed by atoms with Crippen LogP contribution >= 0.6 is 0 Å². The van der Waals surface area contributed by atoms with Crippen LogP contribution in [0.4, 0.5) is 11.4 Å². The van der Waals surface area contributed by atoms with E-state index >= 15 is 0 Å². The van der Waals surface area contributed by atoms with Gasteiger partial charge in [-0.2, -0.15) is 0 Å². The molecule has 0 unspecified atom stereocenters. The van der Waals surface area contributed by atoms with Gasteiger partial charge in [-0.15, -0.1) is 0 Å². The molecule has 3 N–H and O–H groups in total. The number of esters is 1. The molecule has 2 heterocycles. The van der Waals surface area contributed by atoms with Crippen LogP contribution in [0.3, 0.4) is 0 Å². The zero-order chi connectivity index (χ0) is 22.2. The quantitative estimate of drug-likeness (QED) is 0.283. The number of benzene rings is 1. The molecule has 1 aromatic carbocycles. The van der Waals surface area contributed by atoms with E-state index in [1.807, 2.05) is 12.1 Å². The second-order valence-electron chi connectivity index (χ2n) is 9.38. The van der Waals surface area contributed by atoms with E-state index in [-0.39, 0.29) is 47.9 Å². The summed E-state index contributed by atoms with van der Waals surface area (Å²) in [5.41, 5.74) is 7.93. The molecule has 31 heavy (non-hydrogen) atoms. The zero-order valence-electron chi connectivity index (χ0n) is 18.9. The Kier molecular flexibility index (Phi) is 6.03. The maximum Gasteiger partial charge on any atom is 0.325 e. The number of allylic oxidation sites excluding steroid dienone is 1. The first kappa shape index (κ1) is 22.1. The molecule has 3 fully saturated rings. The van der Waals surface area contributed by atoms with Gasteiger partial charge in [0.25, 0.3) is 0 Å². The molecule has 1 spiro atoms. The second-order valence-corrected chi connectivity index (χ2v) is 9.38. The monoisotopic (exact) mass is 430 g/mol. The summed E-state index contributed by atoms with van der Waals surface area (Å²) in [4.78, 5) is 12.6. The van der Waals surface area contributed by atoms with Crippen molar-refractivity contribution in [2.24, 2.45) is 5.92 Å². The highest BCUT2D eigenvalue weighted by Crippen LogP contribution is 2.59. The Bertz CT molecular complexity index is 831. The lowest BCUT2D eigenvalue weighted by molar-refractivity contribution is -0.170. The Morgan fingerprint density at radius 1 is 1.32 bits per heavy atom. The summed E-state index contributed by atoms with van der Waals surface area (Å²) in [6.07, 6.45) is 4.19. The fourth-order valence-corrected chi connectivity index (χ4v) is 5.06. The SMILES string of the molecule is CO[C@@H]1[C@H](OC(=O)CNc2ccc(N)cc2)CC[C@]2(CO2)[C@H]1[C@@]1(C)O[C@@H]1CC=C(C)C. The van der Waals surface area contributed by atoms with E-state index in [1.54, 1.807) is 19.2 Å². The van der Waals surface area contributed by atoms with Crippen molar-refractivity contribution in [2.45, 2.75) is 69.5 Å². The third kappa shape index (κ3) is 4.59. The van der Waals surface area contributed by atoms with Gasteiger partial charge in [0.1, 0.15) is 30.0 Å². The molecule has 7 nitrogen and oxygen atoms in total. The number of hydrogen-bond acceptors (Lipinski definition) is 7. The van der Waals surface area contributed by atoms with Crippen molar-refractivity contribution in [2.75, 3.05) is 31.3 Å². The largest absolute Gasteiger partial charge is 0.458 e. The third-order valence-electron chi connectivity index (χ3n) is 6.87. The average Bonchev–Trinajstić information content (AvgIpc) is 3.65. The van der Waals surface area contributed by atoms with Gasteiger partial charge in [0.2, 0.25) is 0 Å². The van der Waals surface area contributed by atoms with Crippen molar-refractivity contribution < 1.29 is 23.7 Å². The number of nitrogens with two attached hydrogens (primary N) is 1. The van der Waals surface area contributed by atoms with Crippen LogP contribution in [-0.2, 0) is 23.7 Å². The lowest BCUT2D eigenvalue weighted by Crippen LogP contribution is -2.55. The zero-order valence-corrected chi connectivity index (χ0v) is 18.9. The summed E-state index contributed by atoms with van der Waals surface area (Å²) in [6, 6.07) is 7.25. The van der Waals surface area contributed by atoms with Gasteiger partial charge in [0, 0.05) is 18.5 Å². The minimum Gasteiger partial charge on any atom is -0.458 e. The highest BCUT2D eigenvalue weighted by atomic mass is 16.6. The Morgan fingerprint density at radius 2 is 2.03 bits per heavy atom. The molecule has 0 bridgehead atoms. The van der Waals surface area contributed by atoms with Gasteiger partial charge in [-0.05, 0) is 64.3 Å². The van der Waals surface area contributed by atoms with Crippen molar-refractivity contribution in [3.05, 3.63) is 35.9 Å². The van der Waals surface area contributed by atoms with Crippen LogP contribution in [0.5, 0.6) is 0 Å². The summed E-state index contributed by atoms with van der Waals surface area (Å²) < 4.78 is 24.0. The molecule has 1 aromatic rings. The number of epoxide rings is 2. The van der Waals surface area contributed by atoms with Crippen LogP contribution in [0, 0.1) is 5.92 Å². The average molecular weight is 431 g/mol. The van der Waals surface area contributed by atoms with Gasteiger partial charge in [-0.1, -0.05) is 11.6 Å². The van der Waals surface area contributed by atoms with Gasteiger partial charge >= 0.3 is 5.97 Å². The van der Waals surface area contributed by atoms with E-state index in [2.05, 4.69) is 32.2 Å². The van der Waals surface area contributed by atoms with Crippen LogP contribution in [0.15, 0.2) is 35.9 Å². The molecule has 0 aromatic heterocycles. The Morgan fingerprint density at radius 3 is 2.65 bits per heavy atom. The molecular formula is C24H34N2O5. The summed E-state index contributed by atoms with van der Waals surface area (Å²) in [5.74, 6) is -0.282. The third-order valence-corrected chi connectivity index (χ3v) is 6.87. The number of rotatable bonds is 8. The van der Waals surface area contributed by atoms with E-state index in [1.165, 1.54) is 5.57 Å². The minimum atomic E-state index is -0.337. The van der Waals surface area contributed by atoms with E-state index in [9.17, 15) is 4.79 Å². The molecule has 0 amide bonds. The van der Waals surface area contributed by atoms with Gasteiger partial charge in [0.15, 0.2) is 0 Å². The van der Waals surface area contributed by atoms with Crippen LogP contribution in [0.1, 0.15) is 40.0 Å². The van der Waals surface area contributed by atoms with Crippen molar-refractivity contribution in [1.82, 2.24) is 0 Å². The fraction of sp³-hybridized carbons (Fsp3) is 0.625. The maximum absolute atomic E-state index is 12.6. The lowest BCUT2D eigenvalue weighted by Gasteiger charge is -2.42. The summed E-state index contributed by atoms with van der Waals surface area (Å²) >= 11 is 0. The molecule has 0 radical (unpaired) electrons. The molecule has 3 aliphatic rings. The van der Waals surface area contributed by atoms with Gasteiger partial charge in [-0.3, -0.25) is 4.79 Å². The topological polar surface area (TPSA) is 98.6 Å². The van der Waals surface area contributed by atoms with Crippen LogP contribution in [0.2, 0.25) is 0 Å². The number of anilines is 2. The van der Waals surface area contributed by atoms with Crippen molar-refractivity contribution in [3.8, 4) is 0 Å². The predicted octanol–water partition coefficient (Wildman–Crippen LogP) is 3.30. The molecule has 1 saturated carbocycles. The van der Waals surface area contributed by atoms with Crippen LogP contribution < -0.4 is 11.1 Å². The first-order chi connectivity index (χ1) is 14.8. The number of nitrogens with one attached hydrogen (secondary N) is 1. The van der Waals surface area contributed by atoms with E-state index in [0.717, 1.165) is 24.9 Å². The van der Waals surface area contributed by atoms with Gasteiger partial charge in [0.05, 0.1) is 18.6 Å². The summed E-state index contributed by atoms with van der Waals surface area (Å²) in [5, 5.41) is 3.08. The Balaban J connectivity index is 1.40. The second kappa shape index (κ2) is 8.45. The number of carbonyl (C=O) groups excluding carboxylic acids is 1. The van der Waals surface area contributed by atoms with Crippen LogP contribution in [0.25, 0.3) is 0 Å². The highest BCUT2D eigenvalue weighted by molar-refractivity contribution is 5.75. The normalized spacial score (nSPS) is 36.0.